The Morgan fingerprint density at radius 2 is 1.90 bits per heavy atom. The van der Waals surface area contributed by atoms with Gasteiger partial charge < -0.3 is 9.73 Å². The maximum absolute atomic E-state index is 14.3. The first-order valence-electron chi connectivity index (χ1n) is 6.78. The predicted molar refractivity (Wildman–Crippen MR) is 74.7 cm³/mol. The van der Waals surface area contributed by atoms with Crippen molar-refractivity contribution in [2.24, 2.45) is 0 Å². The van der Waals surface area contributed by atoms with Crippen LogP contribution in [0.15, 0.2) is 28.9 Å². The number of aryl methyl sites for hydroxylation is 2. The van der Waals surface area contributed by atoms with Gasteiger partial charge in [-0.15, -0.1) is 0 Å². The second kappa shape index (κ2) is 6.18. The van der Waals surface area contributed by atoms with E-state index < -0.39 is 17.7 Å². The number of furan rings is 1. The highest BCUT2D eigenvalue weighted by atomic mass is 19.1. The molecule has 0 saturated heterocycles. The molecule has 2 rings (SSSR count). The Labute approximate surface area is 117 Å². The van der Waals surface area contributed by atoms with E-state index >= 15 is 0 Å². The Morgan fingerprint density at radius 3 is 2.50 bits per heavy atom. The topological polar surface area (TPSA) is 25.2 Å². The molecule has 0 radical (unpaired) electrons. The summed E-state index contributed by atoms with van der Waals surface area (Å²) < 4.78 is 33.9. The molecule has 0 fully saturated rings. The second-order valence-electron chi connectivity index (χ2n) is 4.95. The first-order chi connectivity index (χ1) is 9.56. The fourth-order valence-electron chi connectivity index (χ4n) is 2.24. The van der Waals surface area contributed by atoms with E-state index in [1.165, 1.54) is 18.4 Å². The van der Waals surface area contributed by atoms with Crippen molar-refractivity contribution in [1.82, 2.24) is 5.32 Å². The van der Waals surface area contributed by atoms with Gasteiger partial charge in [0.15, 0.2) is 0 Å². The van der Waals surface area contributed by atoms with Crippen molar-refractivity contribution >= 4 is 0 Å². The van der Waals surface area contributed by atoms with Gasteiger partial charge in [-0.25, -0.2) is 8.78 Å². The van der Waals surface area contributed by atoms with E-state index in [4.69, 9.17) is 4.42 Å². The highest BCUT2D eigenvalue weighted by Gasteiger charge is 2.26. The molecule has 0 bridgehead atoms. The lowest BCUT2D eigenvalue weighted by Crippen LogP contribution is -2.25. The van der Waals surface area contributed by atoms with Crippen molar-refractivity contribution in [2.75, 3.05) is 6.54 Å². The van der Waals surface area contributed by atoms with Crippen molar-refractivity contribution in [1.29, 1.82) is 0 Å². The van der Waals surface area contributed by atoms with Crippen LogP contribution < -0.4 is 5.32 Å². The quantitative estimate of drug-likeness (QED) is 0.884. The third-order valence-electron chi connectivity index (χ3n) is 3.37. The molecule has 0 aliphatic carbocycles. The number of hydrogen-bond acceptors (Lipinski definition) is 2. The van der Waals surface area contributed by atoms with Crippen LogP contribution in [0.25, 0.3) is 0 Å². The van der Waals surface area contributed by atoms with Gasteiger partial charge in [-0.3, -0.25) is 0 Å². The number of benzene rings is 1. The molecule has 1 aromatic carbocycles. The molecule has 2 nitrogen and oxygen atoms in total. The largest absolute Gasteiger partial charge is 0.467 e. The van der Waals surface area contributed by atoms with Gasteiger partial charge in [0.2, 0.25) is 0 Å². The van der Waals surface area contributed by atoms with Crippen molar-refractivity contribution in [3.05, 3.63) is 58.5 Å². The summed E-state index contributed by atoms with van der Waals surface area (Å²) in [5.74, 6) is -0.520. The lowest BCUT2D eigenvalue weighted by molar-refractivity contribution is 0.419. The minimum absolute atomic E-state index is 0.0245. The average Bonchev–Trinajstić information content (AvgIpc) is 2.84. The third kappa shape index (κ3) is 2.75. The average molecular weight is 279 g/mol. The molecule has 2 aromatic rings. The van der Waals surface area contributed by atoms with E-state index in [1.54, 1.807) is 13.0 Å². The molecule has 1 aromatic heterocycles. The summed E-state index contributed by atoms with van der Waals surface area (Å²) in [6, 6.07) is 3.93. The molecule has 108 valence electrons. The van der Waals surface area contributed by atoms with E-state index in [1.807, 2.05) is 13.8 Å². The van der Waals surface area contributed by atoms with Crippen LogP contribution in [0.2, 0.25) is 0 Å². The van der Waals surface area contributed by atoms with Crippen molar-refractivity contribution < 1.29 is 13.2 Å². The minimum Gasteiger partial charge on any atom is -0.467 e. The summed E-state index contributed by atoms with van der Waals surface area (Å²) in [6.07, 6.45) is 2.40. The van der Waals surface area contributed by atoms with E-state index in [0.29, 0.717) is 17.9 Å². The Kier molecular flexibility index (Phi) is 4.55. The molecule has 1 unspecified atom stereocenters. The molecular weight excluding hydrogens is 260 g/mol. The summed E-state index contributed by atoms with van der Waals surface area (Å²) in [7, 11) is 0. The molecule has 20 heavy (non-hydrogen) atoms. The summed E-state index contributed by atoms with van der Waals surface area (Å²) in [6.45, 7) is 6.15. The number of hydrogen-bond donors (Lipinski definition) is 1. The lowest BCUT2D eigenvalue weighted by atomic mass is 9.98. The van der Waals surface area contributed by atoms with Crippen molar-refractivity contribution in [2.45, 2.75) is 33.2 Å². The normalized spacial score (nSPS) is 12.7. The summed E-state index contributed by atoms with van der Waals surface area (Å²) in [4.78, 5) is 0. The molecule has 0 aliphatic rings. The molecule has 1 heterocycles. The Bertz CT molecular complexity index is 592. The molecular formula is C16H19F2NO. The van der Waals surface area contributed by atoms with Crippen molar-refractivity contribution in [3.8, 4) is 0 Å². The van der Waals surface area contributed by atoms with Gasteiger partial charge in [-0.05, 0) is 50.1 Å². The number of halogens is 2. The standard InChI is InChI=1S/C16H19F2NO/c1-4-8-19-15(16-11(3)7-9-20-16)13-12(17)6-5-10(2)14(13)18/h5-7,9,15,19H,4,8H2,1-3H3. The molecule has 0 saturated carbocycles. The fraction of sp³-hybridized carbons (Fsp3) is 0.375. The monoisotopic (exact) mass is 279 g/mol. The first kappa shape index (κ1) is 14.7. The maximum Gasteiger partial charge on any atom is 0.134 e. The predicted octanol–water partition coefficient (Wildman–Crippen LogP) is 4.26. The highest BCUT2D eigenvalue weighted by molar-refractivity contribution is 5.35. The number of nitrogens with one attached hydrogen (secondary N) is 1. The molecule has 0 amide bonds. The zero-order valence-corrected chi connectivity index (χ0v) is 12.0. The minimum atomic E-state index is -0.607. The summed E-state index contributed by atoms with van der Waals surface area (Å²) in [5.41, 5.74) is 1.32. The van der Waals surface area contributed by atoms with Gasteiger partial charge in [0.1, 0.15) is 17.4 Å². The van der Waals surface area contributed by atoms with Crippen LogP contribution in [-0.2, 0) is 0 Å². The van der Waals surface area contributed by atoms with E-state index in [2.05, 4.69) is 5.32 Å². The molecule has 4 heteroatoms. The zero-order chi connectivity index (χ0) is 14.7. The van der Waals surface area contributed by atoms with Gasteiger partial charge in [-0.1, -0.05) is 13.0 Å². The lowest BCUT2D eigenvalue weighted by Gasteiger charge is -2.20. The summed E-state index contributed by atoms with van der Waals surface area (Å²) >= 11 is 0. The van der Waals surface area contributed by atoms with E-state index in [-0.39, 0.29) is 5.56 Å². The van der Waals surface area contributed by atoms with E-state index in [9.17, 15) is 8.78 Å². The zero-order valence-electron chi connectivity index (χ0n) is 12.0. The van der Waals surface area contributed by atoms with Crippen LogP contribution in [0.3, 0.4) is 0 Å². The van der Waals surface area contributed by atoms with Crippen LogP contribution in [0, 0.1) is 25.5 Å². The van der Waals surface area contributed by atoms with Gasteiger partial charge in [0, 0.05) is 5.56 Å². The first-order valence-corrected chi connectivity index (χ1v) is 6.78. The Hall–Kier alpha value is -1.68. The van der Waals surface area contributed by atoms with Crippen LogP contribution >= 0.6 is 0 Å². The van der Waals surface area contributed by atoms with Gasteiger partial charge in [0.25, 0.3) is 0 Å². The molecule has 0 aliphatic heterocycles. The van der Waals surface area contributed by atoms with Crippen LogP contribution in [0.1, 0.15) is 41.8 Å². The Morgan fingerprint density at radius 1 is 1.15 bits per heavy atom. The molecule has 1 atom stereocenters. The maximum atomic E-state index is 14.3. The van der Waals surface area contributed by atoms with Crippen LogP contribution in [-0.4, -0.2) is 6.54 Å². The number of rotatable bonds is 5. The van der Waals surface area contributed by atoms with E-state index in [0.717, 1.165) is 12.0 Å². The summed E-state index contributed by atoms with van der Waals surface area (Å²) in [5, 5.41) is 3.16. The fourth-order valence-corrected chi connectivity index (χ4v) is 2.24. The highest BCUT2D eigenvalue weighted by Crippen LogP contribution is 2.30. The third-order valence-corrected chi connectivity index (χ3v) is 3.37. The van der Waals surface area contributed by atoms with Gasteiger partial charge in [-0.2, -0.15) is 0 Å². The second-order valence-corrected chi connectivity index (χ2v) is 4.95. The molecule has 0 spiro atoms. The van der Waals surface area contributed by atoms with Crippen LogP contribution in [0.5, 0.6) is 0 Å². The van der Waals surface area contributed by atoms with Gasteiger partial charge >= 0.3 is 0 Å². The Balaban J connectivity index is 2.52. The van der Waals surface area contributed by atoms with Crippen LogP contribution in [0.4, 0.5) is 8.78 Å². The molecule has 1 N–H and O–H groups in total. The van der Waals surface area contributed by atoms with Gasteiger partial charge in [0.05, 0.1) is 12.3 Å². The smallest absolute Gasteiger partial charge is 0.134 e. The van der Waals surface area contributed by atoms with Crippen molar-refractivity contribution in [3.63, 3.8) is 0 Å². The SMILES string of the molecule is CCCNC(c1occc1C)c1c(F)ccc(C)c1F.